The summed E-state index contributed by atoms with van der Waals surface area (Å²) in [6, 6.07) is 8.99. The number of hydrogen-bond donors (Lipinski definition) is 1. The lowest BCUT2D eigenvalue weighted by Gasteiger charge is -2.24. The number of nitrogens with one attached hydrogen (secondary N) is 1. The highest BCUT2D eigenvalue weighted by Crippen LogP contribution is 2.32. The summed E-state index contributed by atoms with van der Waals surface area (Å²) in [5.41, 5.74) is 0.698. The molecule has 1 N–H and O–H groups in total. The van der Waals surface area contributed by atoms with E-state index in [9.17, 15) is 4.79 Å². The first-order valence-electron chi connectivity index (χ1n) is 7.68. The Morgan fingerprint density at radius 2 is 2.04 bits per heavy atom. The number of nitrogens with zero attached hydrogens (tertiary/aromatic N) is 1. The van der Waals surface area contributed by atoms with Crippen molar-refractivity contribution in [2.75, 3.05) is 25.6 Å². The fourth-order valence-electron chi connectivity index (χ4n) is 2.39. The minimum absolute atomic E-state index is 0.0724. The molecule has 3 rings (SSSR count). The molecule has 0 unspecified atom stereocenters. The predicted octanol–water partition coefficient (Wildman–Crippen LogP) is 3.63. The Bertz CT molecular complexity index is 734. The Morgan fingerprint density at radius 1 is 1.29 bits per heavy atom. The van der Waals surface area contributed by atoms with Crippen molar-refractivity contribution in [3.8, 4) is 11.5 Å². The van der Waals surface area contributed by atoms with E-state index in [0.717, 1.165) is 9.21 Å². The molecule has 0 bridgehead atoms. The maximum Gasteiger partial charge on any atom is 0.241 e. The molecule has 0 radical (unpaired) electrons. The van der Waals surface area contributed by atoms with E-state index < -0.39 is 0 Å². The largest absolute Gasteiger partial charge is 0.486 e. The minimum Gasteiger partial charge on any atom is -0.486 e. The molecule has 7 heteroatoms. The number of thiophene rings is 1. The number of carbonyl (C=O) groups is 1. The molecule has 5 nitrogen and oxygen atoms in total. The molecular weight excluding hydrogens is 348 g/mol. The second kappa shape index (κ2) is 7.42. The smallest absolute Gasteiger partial charge is 0.241 e. The van der Waals surface area contributed by atoms with Crippen LogP contribution >= 0.6 is 22.9 Å². The summed E-state index contributed by atoms with van der Waals surface area (Å²) in [4.78, 5) is 15.6. The van der Waals surface area contributed by atoms with Crippen LogP contribution < -0.4 is 14.8 Å². The van der Waals surface area contributed by atoms with Crippen LogP contribution in [0.3, 0.4) is 0 Å². The van der Waals surface area contributed by atoms with Crippen LogP contribution in [0.1, 0.15) is 11.8 Å². The van der Waals surface area contributed by atoms with Crippen molar-refractivity contribution in [2.45, 2.75) is 19.5 Å². The van der Waals surface area contributed by atoms with Gasteiger partial charge in [0.25, 0.3) is 0 Å². The lowest BCUT2D eigenvalue weighted by molar-refractivity contribution is -0.120. The summed E-state index contributed by atoms with van der Waals surface area (Å²) in [5, 5.41) is 2.92. The quantitative estimate of drug-likeness (QED) is 0.877. The van der Waals surface area contributed by atoms with Gasteiger partial charge in [0.2, 0.25) is 5.91 Å². The van der Waals surface area contributed by atoms with Gasteiger partial charge >= 0.3 is 0 Å². The number of carbonyl (C=O) groups excluding carboxylic acids is 1. The van der Waals surface area contributed by atoms with E-state index in [4.69, 9.17) is 21.1 Å². The Balaban J connectivity index is 1.61. The number of rotatable bonds is 5. The molecule has 2 aromatic rings. The van der Waals surface area contributed by atoms with Crippen molar-refractivity contribution >= 4 is 34.5 Å². The van der Waals surface area contributed by atoms with E-state index in [0.29, 0.717) is 36.9 Å². The van der Waals surface area contributed by atoms with Crippen molar-refractivity contribution in [1.29, 1.82) is 0 Å². The van der Waals surface area contributed by atoms with E-state index in [1.807, 2.05) is 43.1 Å². The molecule has 24 heavy (non-hydrogen) atoms. The van der Waals surface area contributed by atoms with Gasteiger partial charge in [0.05, 0.1) is 10.4 Å². The molecule has 0 aliphatic carbocycles. The summed E-state index contributed by atoms with van der Waals surface area (Å²) < 4.78 is 11.8. The van der Waals surface area contributed by atoms with E-state index in [1.54, 1.807) is 6.07 Å². The predicted molar refractivity (Wildman–Crippen MR) is 96.3 cm³/mol. The first-order valence-corrected chi connectivity index (χ1v) is 8.87. The van der Waals surface area contributed by atoms with Crippen molar-refractivity contribution in [2.24, 2.45) is 0 Å². The van der Waals surface area contributed by atoms with Crippen LogP contribution in [0, 0.1) is 0 Å². The average molecular weight is 367 g/mol. The number of halogens is 1. The normalized spacial score (nSPS) is 14.5. The molecule has 1 atom stereocenters. The van der Waals surface area contributed by atoms with Gasteiger partial charge in [-0.15, -0.1) is 11.3 Å². The molecule has 1 aromatic carbocycles. The van der Waals surface area contributed by atoms with Crippen LogP contribution in [0.25, 0.3) is 0 Å². The number of anilines is 1. The van der Waals surface area contributed by atoms with Gasteiger partial charge in [0.1, 0.15) is 13.2 Å². The highest BCUT2D eigenvalue weighted by Gasteiger charge is 2.20. The third-order valence-corrected chi connectivity index (χ3v) is 5.10. The SMILES string of the molecule is C[C@H](C(=O)Nc1ccc2c(c1)OCCO2)N(C)Cc1ccc(Cl)s1. The van der Waals surface area contributed by atoms with Gasteiger partial charge in [-0.1, -0.05) is 11.6 Å². The van der Waals surface area contributed by atoms with Gasteiger partial charge in [-0.2, -0.15) is 0 Å². The number of amides is 1. The van der Waals surface area contributed by atoms with Crippen molar-refractivity contribution in [3.05, 3.63) is 39.5 Å². The molecular formula is C17H19ClN2O3S. The number of fused-ring (bicyclic) bond motifs is 1. The molecule has 1 aliphatic rings. The zero-order valence-corrected chi connectivity index (χ0v) is 15.1. The average Bonchev–Trinajstić information content (AvgIpc) is 2.98. The van der Waals surface area contributed by atoms with Gasteiger partial charge < -0.3 is 14.8 Å². The summed E-state index contributed by atoms with van der Waals surface area (Å²) in [5.74, 6) is 1.30. The molecule has 0 saturated heterocycles. The molecule has 1 aromatic heterocycles. The molecule has 1 aliphatic heterocycles. The zero-order valence-electron chi connectivity index (χ0n) is 13.5. The second-order valence-electron chi connectivity index (χ2n) is 5.64. The third-order valence-electron chi connectivity index (χ3n) is 3.88. The Kier molecular flexibility index (Phi) is 5.28. The Labute approximate surface area is 150 Å². The summed E-state index contributed by atoms with van der Waals surface area (Å²) >= 11 is 7.48. The van der Waals surface area contributed by atoms with Crippen LogP contribution in [0.5, 0.6) is 11.5 Å². The minimum atomic E-state index is -0.279. The van der Waals surface area contributed by atoms with Gasteiger partial charge in [-0.25, -0.2) is 0 Å². The molecule has 0 saturated carbocycles. The van der Waals surface area contributed by atoms with E-state index in [1.165, 1.54) is 11.3 Å². The zero-order chi connectivity index (χ0) is 17.1. The number of ether oxygens (including phenoxy) is 2. The first kappa shape index (κ1) is 17.1. The molecule has 0 spiro atoms. The molecule has 0 fully saturated rings. The van der Waals surface area contributed by atoms with Crippen LogP contribution in [-0.4, -0.2) is 37.1 Å². The highest BCUT2D eigenvalue weighted by atomic mass is 35.5. The Hall–Kier alpha value is -1.76. The summed E-state index contributed by atoms with van der Waals surface area (Å²) in [6.07, 6.45) is 0. The Morgan fingerprint density at radius 3 is 2.75 bits per heavy atom. The van der Waals surface area contributed by atoms with Gasteiger partial charge in [-0.3, -0.25) is 9.69 Å². The maximum absolute atomic E-state index is 12.5. The topological polar surface area (TPSA) is 50.8 Å². The maximum atomic E-state index is 12.5. The van der Waals surface area contributed by atoms with Gasteiger partial charge in [-0.05, 0) is 38.2 Å². The fourth-order valence-corrected chi connectivity index (χ4v) is 3.54. The van der Waals surface area contributed by atoms with E-state index in [2.05, 4.69) is 5.32 Å². The summed E-state index contributed by atoms with van der Waals surface area (Å²) in [6.45, 7) is 3.62. The third kappa shape index (κ3) is 4.01. The van der Waals surface area contributed by atoms with Crippen LogP contribution in [0.2, 0.25) is 4.34 Å². The first-order chi connectivity index (χ1) is 11.5. The van der Waals surface area contributed by atoms with Gasteiger partial charge in [0.15, 0.2) is 11.5 Å². The van der Waals surface area contributed by atoms with E-state index in [-0.39, 0.29) is 11.9 Å². The highest BCUT2D eigenvalue weighted by molar-refractivity contribution is 7.16. The number of benzene rings is 1. The van der Waals surface area contributed by atoms with Crippen LogP contribution in [0.4, 0.5) is 5.69 Å². The van der Waals surface area contributed by atoms with Crippen molar-refractivity contribution in [1.82, 2.24) is 4.90 Å². The standard InChI is InChI=1S/C17H19ClN2O3S/c1-11(20(2)10-13-4-6-16(18)24-13)17(21)19-12-3-5-14-15(9-12)23-8-7-22-14/h3-6,9,11H,7-8,10H2,1-2H3,(H,19,21)/t11-/m1/s1. The molecule has 128 valence electrons. The molecule has 1 amide bonds. The van der Waals surface area contributed by atoms with Crippen LogP contribution in [0.15, 0.2) is 30.3 Å². The number of hydrogen-bond acceptors (Lipinski definition) is 5. The monoisotopic (exact) mass is 366 g/mol. The second-order valence-corrected chi connectivity index (χ2v) is 7.44. The lowest BCUT2D eigenvalue weighted by Crippen LogP contribution is -2.39. The van der Waals surface area contributed by atoms with Crippen LogP contribution in [-0.2, 0) is 11.3 Å². The van der Waals surface area contributed by atoms with Gasteiger partial charge in [0, 0.05) is 23.2 Å². The van der Waals surface area contributed by atoms with E-state index >= 15 is 0 Å². The fraction of sp³-hybridized carbons (Fsp3) is 0.353. The molecule has 2 heterocycles. The lowest BCUT2D eigenvalue weighted by atomic mass is 10.2. The van der Waals surface area contributed by atoms with Crippen molar-refractivity contribution < 1.29 is 14.3 Å². The number of likely N-dealkylation sites (N-methyl/N-ethyl adjacent to an activating group) is 1. The summed E-state index contributed by atoms with van der Waals surface area (Å²) in [7, 11) is 1.92. The van der Waals surface area contributed by atoms with Crippen molar-refractivity contribution in [3.63, 3.8) is 0 Å².